The number of carbonyl (C=O) groups is 1. The van der Waals surface area contributed by atoms with Gasteiger partial charge in [0.1, 0.15) is 5.82 Å². The summed E-state index contributed by atoms with van der Waals surface area (Å²) in [5.41, 5.74) is 2.45. The molecule has 4 bridgehead atoms. The normalized spacial score (nSPS) is 28.4. The molecule has 0 unspecified atom stereocenters. The SMILES string of the molecule is O=C(NC12CC3CC(CC(C3)C1)C2)c1nc(-c2cccc3ccccc23)n2ccccc12. The number of hydrogen-bond donors (Lipinski definition) is 1. The summed E-state index contributed by atoms with van der Waals surface area (Å²) in [4.78, 5) is 18.6. The Labute approximate surface area is 187 Å². The van der Waals surface area contributed by atoms with E-state index in [0.29, 0.717) is 5.69 Å². The molecule has 0 saturated heterocycles. The lowest BCUT2D eigenvalue weighted by atomic mass is 9.53. The quantitative estimate of drug-likeness (QED) is 0.451. The third-order valence-corrected chi connectivity index (χ3v) is 8.21. The fourth-order valence-electron chi connectivity index (χ4n) is 7.38. The van der Waals surface area contributed by atoms with E-state index < -0.39 is 0 Å². The van der Waals surface area contributed by atoms with E-state index in [1.165, 1.54) is 24.6 Å². The Kier molecular flexibility index (Phi) is 3.85. The third kappa shape index (κ3) is 2.75. The van der Waals surface area contributed by atoms with Crippen molar-refractivity contribution in [1.82, 2.24) is 14.7 Å². The van der Waals surface area contributed by atoms with Crippen LogP contribution in [-0.4, -0.2) is 20.8 Å². The summed E-state index contributed by atoms with van der Waals surface area (Å²) in [5.74, 6) is 3.21. The highest BCUT2D eigenvalue weighted by molar-refractivity contribution is 6.02. The number of rotatable bonds is 3. The van der Waals surface area contributed by atoms with Crippen LogP contribution in [0.4, 0.5) is 0 Å². The van der Waals surface area contributed by atoms with Gasteiger partial charge in [0.15, 0.2) is 5.69 Å². The average molecular weight is 422 g/mol. The molecule has 2 aromatic carbocycles. The Bertz CT molecular complexity index is 1330. The highest BCUT2D eigenvalue weighted by atomic mass is 16.2. The number of amides is 1. The van der Waals surface area contributed by atoms with Gasteiger partial charge in [-0.15, -0.1) is 0 Å². The van der Waals surface area contributed by atoms with Gasteiger partial charge in [0.2, 0.25) is 0 Å². The molecular weight excluding hydrogens is 394 g/mol. The van der Waals surface area contributed by atoms with Crippen LogP contribution < -0.4 is 5.32 Å². The van der Waals surface area contributed by atoms with Gasteiger partial charge in [-0.3, -0.25) is 9.20 Å². The summed E-state index contributed by atoms with van der Waals surface area (Å²) in [6.45, 7) is 0. The molecule has 1 N–H and O–H groups in total. The summed E-state index contributed by atoms with van der Waals surface area (Å²) >= 11 is 0. The Hall–Kier alpha value is -3.14. The minimum absolute atomic E-state index is 0.0119. The van der Waals surface area contributed by atoms with Gasteiger partial charge in [-0.1, -0.05) is 48.5 Å². The predicted octanol–water partition coefficient (Wildman–Crippen LogP) is 5.85. The van der Waals surface area contributed by atoms with Gasteiger partial charge in [0.05, 0.1) is 5.52 Å². The average Bonchev–Trinajstić information content (AvgIpc) is 3.17. The second-order valence-corrected chi connectivity index (χ2v) is 10.4. The van der Waals surface area contributed by atoms with Gasteiger partial charge >= 0.3 is 0 Å². The molecule has 4 aromatic rings. The van der Waals surface area contributed by atoms with Crippen molar-refractivity contribution in [2.24, 2.45) is 17.8 Å². The minimum Gasteiger partial charge on any atom is -0.345 e. The molecule has 4 nitrogen and oxygen atoms in total. The van der Waals surface area contributed by atoms with Crippen molar-refractivity contribution in [3.8, 4) is 11.4 Å². The smallest absolute Gasteiger partial charge is 0.272 e. The van der Waals surface area contributed by atoms with E-state index in [9.17, 15) is 4.79 Å². The standard InChI is InChI=1S/C28H27N3O/c32-27(30-28-15-18-12-19(16-28)14-20(13-18)17-28)25-24-10-3-4-11-31(24)26(29-25)23-9-5-7-21-6-1-2-8-22(21)23/h1-11,18-20H,12-17H2,(H,30,32). The Morgan fingerprint density at radius 3 is 2.34 bits per heavy atom. The number of nitrogens with zero attached hydrogens (tertiary/aromatic N) is 2. The summed E-state index contributed by atoms with van der Waals surface area (Å²) in [5, 5.41) is 5.85. The van der Waals surface area contributed by atoms with Gasteiger partial charge in [-0.05, 0) is 79.2 Å². The Morgan fingerprint density at radius 1 is 0.875 bits per heavy atom. The number of pyridine rings is 1. The van der Waals surface area contributed by atoms with E-state index in [4.69, 9.17) is 4.98 Å². The van der Waals surface area contributed by atoms with Crippen LogP contribution in [0.25, 0.3) is 27.7 Å². The second-order valence-electron chi connectivity index (χ2n) is 10.4. The molecule has 0 aliphatic heterocycles. The maximum absolute atomic E-state index is 13.7. The van der Waals surface area contributed by atoms with Crippen molar-refractivity contribution < 1.29 is 4.79 Å². The van der Waals surface area contributed by atoms with E-state index in [2.05, 4.69) is 52.2 Å². The number of imidazole rings is 1. The van der Waals surface area contributed by atoms with Crippen LogP contribution in [0.3, 0.4) is 0 Å². The topological polar surface area (TPSA) is 46.4 Å². The third-order valence-electron chi connectivity index (χ3n) is 8.21. The predicted molar refractivity (Wildman–Crippen MR) is 127 cm³/mol. The monoisotopic (exact) mass is 421 g/mol. The van der Waals surface area contributed by atoms with Crippen molar-refractivity contribution in [3.63, 3.8) is 0 Å². The molecule has 1 amide bonds. The van der Waals surface area contributed by atoms with Crippen LogP contribution in [0.5, 0.6) is 0 Å². The van der Waals surface area contributed by atoms with Crippen molar-refractivity contribution in [3.05, 3.63) is 72.6 Å². The number of nitrogens with one attached hydrogen (secondary N) is 1. The maximum Gasteiger partial charge on any atom is 0.272 e. The van der Waals surface area contributed by atoms with E-state index >= 15 is 0 Å². The van der Waals surface area contributed by atoms with Crippen LogP contribution in [0.2, 0.25) is 0 Å². The molecule has 0 spiro atoms. The lowest BCUT2D eigenvalue weighted by Crippen LogP contribution is -2.59. The molecular formula is C28H27N3O. The number of aromatic nitrogens is 2. The first-order chi connectivity index (χ1) is 15.7. The summed E-state index contributed by atoms with van der Waals surface area (Å²) < 4.78 is 2.07. The summed E-state index contributed by atoms with van der Waals surface area (Å²) in [7, 11) is 0. The van der Waals surface area contributed by atoms with Gasteiger partial charge < -0.3 is 5.32 Å². The van der Waals surface area contributed by atoms with Gasteiger partial charge in [0, 0.05) is 17.3 Å². The first-order valence-electron chi connectivity index (χ1n) is 12.0. The molecule has 0 radical (unpaired) electrons. The van der Waals surface area contributed by atoms with E-state index in [-0.39, 0.29) is 11.4 Å². The summed E-state index contributed by atoms with van der Waals surface area (Å²) in [6, 6.07) is 20.7. The fraction of sp³-hybridized carbons (Fsp3) is 0.357. The minimum atomic E-state index is -0.0177. The summed E-state index contributed by atoms with van der Waals surface area (Å²) in [6.07, 6.45) is 9.56. The molecule has 4 aliphatic carbocycles. The maximum atomic E-state index is 13.7. The largest absolute Gasteiger partial charge is 0.345 e. The van der Waals surface area contributed by atoms with Crippen LogP contribution in [0.1, 0.15) is 49.0 Å². The first-order valence-corrected chi connectivity index (χ1v) is 12.0. The number of fused-ring (bicyclic) bond motifs is 2. The van der Waals surface area contributed by atoms with Crippen LogP contribution in [-0.2, 0) is 0 Å². The van der Waals surface area contributed by atoms with Crippen molar-refractivity contribution in [1.29, 1.82) is 0 Å². The zero-order valence-electron chi connectivity index (χ0n) is 18.1. The Balaban J connectivity index is 1.32. The molecule has 4 fully saturated rings. The molecule has 2 aromatic heterocycles. The van der Waals surface area contributed by atoms with Crippen molar-refractivity contribution in [2.75, 3.05) is 0 Å². The van der Waals surface area contributed by atoms with E-state index in [1.54, 1.807) is 0 Å². The van der Waals surface area contributed by atoms with Gasteiger partial charge in [0.25, 0.3) is 5.91 Å². The molecule has 4 saturated carbocycles. The number of carbonyl (C=O) groups excluding carboxylic acids is 1. The second kappa shape index (κ2) is 6.68. The first kappa shape index (κ1) is 18.4. The molecule has 4 aliphatic rings. The molecule has 32 heavy (non-hydrogen) atoms. The van der Waals surface area contributed by atoms with Crippen LogP contribution >= 0.6 is 0 Å². The Morgan fingerprint density at radius 2 is 1.56 bits per heavy atom. The highest BCUT2D eigenvalue weighted by Gasteiger charge is 2.51. The molecule has 160 valence electrons. The molecule has 0 atom stereocenters. The molecule has 2 heterocycles. The van der Waals surface area contributed by atoms with E-state index in [0.717, 1.165) is 59.3 Å². The van der Waals surface area contributed by atoms with Gasteiger partial charge in [-0.25, -0.2) is 4.98 Å². The molecule has 8 rings (SSSR count). The van der Waals surface area contributed by atoms with Crippen molar-refractivity contribution >= 4 is 22.2 Å². The van der Waals surface area contributed by atoms with Crippen molar-refractivity contribution in [2.45, 2.75) is 44.1 Å². The van der Waals surface area contributed by atoms with E-state index in [1.807, 2.05) is 24.4 Å². The number of hydrogen-bond acceptors (Lipinski definition) is 2. The zero-order chi connectivity index (χ0) is 21.3. The number of benzene rings is 2. The lowest BCUT2D eigenvalue weighted by molar-refractivity contribution is -0.0167. The van der Waals surface area contributed by atoms with Crippen LogP contribution in [0.15, 0.2) is 66.9 Å². The highest BCUT2D eigenvalue weighted by Crippen LogP contribution is 2.55. The van der Waals surface area contributed by atoms with Crippen LogP contribution in [0, 0.1) is 17.8 Å². The molecule has 4 heteroatoms. The zero-order valence-corrected chi connectivity index (χ0v) is 18.1. The van der Waals surface area contributed by atoms with Gasteiger partial charge in [-0.2, -0.15) is 0 Å². The fourth-order valence-corrected chi connectivity index (χ4v) is 7.38. The lowest BCUT2D eigenvalue weighted by Gasteiger charge is -2.56.